The van der Waals surface area contributed by atoms with Crippen LogP contribution in [-0.4, -0.2) is 34.3 Å². The van der Waals surface area contributed by atoms with E-state index in [9.17, 15) is 9.59 Å². The summed E-state index contributed by atoms with van der Waals surface area (Å²) in [6.07, 6.45) is 0.788. The Bertz CT molecular complexity index is 492. The van der Waals surface area contributed by atoms with Crippen LogP contribution in [0, 0.1) is 0 Å². The van der Waals surface area contributed by atoms with Crippen molar-refractivity contribution in [3.05, 3.63) is 22.4 Å². The predicted octanol–water partition coefficient (Wildman–Crippen LogP) is 1.81. The summed E-state index contributed by atoms with van der Waals surface area (Å²) in [5.74, 6) is -0.114. The van der Waals surface area contributed by atoms with Crippen molar-refractivity contribution in [1.29, 1.82) is 0 Å². The molecule has 0 spiro atoms. The van der Waals surface area contributed by atoms with Gasteiger partial charge in [-0.2, -0.15) is 0 Å². The van der Waals surface area contributed by atoms with Gasteiger partial charge in [0.25, 0.3) is 0 Å². The molecule has 5 heteroatoms. The van der Waals surface area contributed by atoms with Gasteiger partial charge in [-0.25, -0.2) is 0 Å². The second kappa shape index (κ2) is 4.63. The SMILES string of the molecule is CC1(C)NC(=O)C(C)(C)N(CCc2cccs2)C1=O. The minimum absolute atomic E-state index is 0.0198. The maximum atomic E-state index is 12.5. The zero-order valence-corrected chi connectivity index (χ0v) is 12.6. The van der Waals surface area contributed by atoms with Crippen LogP contribution in [0.2, 0.25) is 0 Å². The van der Waals surface area contributed by atoms with Crippen molar-refractivity contribution in [3.63, 3.8) is 0 Å². The minimum atomic E-state index is -0.817. The minimum Gasteiger partial charge on any atom is -0.340 e. The van der Waals surface area contributed by atoms with Crippen LogP contribution in [0.3, 0.4) is 0 Å². The molecule has 0 atom stereocenters. The molecule has 0 bridgehead atoms. The summed E-state index contributed by atoms with van der Waals surface area (Å²) in [5.41, 5.74) is -1.61. The van der Waals surface area contributed by atoms with E-state index in [0.717, 1.165) is 6.42 Å². The molecule has 2 amide bonds. The third-order valence-electron chi connectivity index (χ3n) is 3.60. The number of nitrogens with one attached hydrogen (secondary N) is 1. The van der Waals surface area contributed by atoms with Crippen LogP contribution in [0.15, 0.2) is 17.5 Å². The maximum Gasteiger partial charge on any atom is 0.248 e. The highest BCUT2D eigenvalue weighted by atomic mass is 32.1. The first-order valence-electron chi connectivity index (χ1n) is 6.42. The number of amides is 2. The molecule has 1 fully saturated rings. The summed E-state index contributed by atoms with van der Waals surface area (Å²) in [7, 11) is 0. The summed E-state index contributed by atoms with van der Waals surface area (Å²) in [6, 6.07) is 4.05. The zero-order chi connectivity index (χ0) is 14.3. The van der Waals surface area contributed by atoms with Gasteiger partial charge < -0.3 is 10.2 Å². The normalized spacial score (nSPS) is 21.4. The molecule has 0 radical (unpaired) electrons. The molecule has 104 valence electrons. The molecule has 1 N–H and O–H groups in total. The van der Waals surface area contributed by atoms with E-state index in [4.69, 9.17) is 0 Å². The third-order valence-corrected chi connectivity index (χ3v) is 4.53. The Labute approximate surface area is 117 Å². The highest BCUT2D eigenvalue weighted by molar-refractivity contribution is 7.09. The van der Waals surface area contributed by atoms with Crippen molar-refractivity contribution in [3.8, 4) is 0 Å². The fraction of sp³-hybridized carbons (Fsp3) is 0.571. The molecule has 0 aromatic carbocycles. The fourth-order valence-corrected chi connectivity index (χ4v) is 2.96. The van der Waals surface area contributed by atoms with Gasteiger partial charge >= 0.3 is 0 Å². The summed E-state index contributed by atoms with van der Waals surface area (Å²) in [4.78, 5) is 27.6. The summed E-state index contributed by atoms with van der Waals surface area (Å²) in [6.45, 7) is 7.66. The van der Waals surface area contributed by atoms with Gasteiger partial charge in [0, 0.05) is 11.4 Å². The number of carbonyl (C=O) groups is 2. The first kappa shape index (κ1) is 14.1. The van der Waals surface area contributed by atoms with Crippen molar-refractivity contribution in [1.82, 2.24) is 10.2 Å². The van der Waals surface area contributed by atoms with Gasteiger partial charge in [-0.05, 0) is 45.6 Å². The standard InChI is InChI=1S/C14H20N2O2S/c1-13(2)12(18)16(14(3,4)11(17)15-13)8-7-10-6-5-9-19-10/h5-6,9H,7-8H2,1-4H3,(H,15,17). The Morgan fingerprint density at radius 3 is 2.53 bits per heavy atom. The second-order valence-corrected chi connectivity index (χ2v) is 6.96. The van der Waals surface area contributed by atoms with Crippen molar-refractivity contribution in [2.45, 2.75) is 45.2 Å². The molecule has 0 unspecified atom stereocenters. The first-order valence-corrected chi connectivity index (χ1v) is 7.30. The molecule has 0 aliphatic carbocycles. The number of piperazine rings is 1. The van der Waals surface area contributed by atoms with Gasteiger partial charge in [0.05, 0.1) is 0 Å². The van der Waals surface area contributed by atoms with Gasteiger partial charge in [-0.1, -0.05) is 6.07 Å². The lowest BCUT2D eigenvalue weighted by Crippen LogP contribution is -2.72. The van der Waals surface area contributed by atoms with E-state index in [0.29, 0.717) is 6.54 Å². The van der Waals surface area contributed by atoms with Gasteiger partial charge in [0.15, 0.2) is 0 Å². The quantitative estimate of drug-likeness (QED) is 0.918. The van der Waals surface area contributed by atoms with Crippen LogP contribution in [0.5, 0.6) is 0 Å². The Balaban J connectivity index is 2.19. The molecular weight excluding hydrogens is 260 g/mol. The van der Waals surface area contributed by atoms with E-state index in [2.05, 4.69) is 11.4 Å². The van der Waals surface area contributed by atoms with Crippen LogP contribution < -0.4 is 5.32 Å². The van der Waals surface area contributed by atoms with Gasteiger partial charge in [-0.15, -0.1) is 11.3 Å². The third kappa shape index (κ3) is 2.52. The lowest BCUT2D eigenvalue weighted by molar-refractivity contribution is -0.159. The molecule has 1 saturated heterocycles. The van der Waals surface area contributed by atoms with Crippen molar-refractivity contribution >= 4 is 23.2 Å². The van der Waals surface area contributed by atoms with Gasteiger partial charge in [0.2, 0.25) is 11.8 Å². The van der Waals surface area contributed by atoms with Crippen LogP contribution >= 0.6 is 11.3 Å². The van der Waals surface area contributed by atoms with E-state index >= 15 is 0 Å². The fourth-order valence-electron chi connectivity index (χ4n) is 2.26. The van der Waals surface area contributed by atoms with E-state index in [1.165, 1.54) is 4.88 Å². The largest absolute Gasteiger partial charge is 0.340 e. The Hall–Kier alpha value is -1.36. The first-order chi connectivity index (χ1) is 8.75. The molecule has 4 nitrogen and oxygen atoms in total. The van der Waals surface area contributed by atoms with E-state index in [-0.39, 0.29) is 11.8 Å². The monoisotopic (exact) mass is 280 g/mol. The molecule has 19 heavy (non-hydrogen) atoms. The molecule has 1 aromatic rings. The van der Waals surface area contributed by atoms with E-state index in [1.54, 1.807) is 43.9 Å². The van der Waals surface area contributed by atoms with Crippen LogP contribution in [0.4, 0.5) is 0 Å². The average Bonchev–Trinajstić information content (AvgIpc) is 2.79. The lowest BCUT2D eigenvalue weighted by atomic mass is 9.89. The Morgan fingerprint density at radius 1 is 1.26 bits per heavy atom. The molecule has 1 aliphatic heterocycles. The zero-order valence-electron chi connectivity index (χ0n) is 11.8. The number of hydrogen-bond acceptors (Lipinski definition) is 3. The average molecular weight is 280 g/mol. The smallest absolute Gasteiger partial charge is 0.248 e. The second-order valence-electron chi connectivity index (χ2n) is 5.92. The molecule has 1 aromatic heterocycles. The van der Waals surface area contributed by atoms with Gasteiger partial charge in [0.1, 0.15) is 11.1 Å². The number of nitrogens with zero attached hydrogens (tertiary/aromatic N) is 1. The number of rotatable bonds is 3. The molecule has 2 heterocycles. The number of hydrogen-bond donors (Lipinski definition) is 1. The predicted molar refractivity (Wildman–Crippen MR) is 76.0 cm³/mol. The van der Waals surface area contributed by atoms with Crippen molar-refractivity contribution in [2.75, 3.05) is 6.54 Å². The Morgan fingerprint density at radius 2 is 1.95 bits per heavy atom. The highest BCUT2D eigenvalue weighted by Crippen LogP contribution is 2.26. The van der Waals surface area contributed by atoms with Crippen molar-refractivity contribution in [2.24, 2.45) is 0 Å². The summed E-state index contributed by atoms with van der Waals surface area (Å²) < 4.78 is 0. The number of carbonyl (C=O) groups excluding carboxylic acids is 2. The molecule has 0 saturated carbocycles. The Kier molecular flexibility index (Phi) is 3.43. The summed E-state index contributed by atoms with van der Waals surface area (Å²) in [5, 5.41) is 4.81. The van der Waals surface area contributed by atoms with Crippen LogP contribution in [-0.2, 0) is 16.0 Å². The molecule has 2 rings (SSSR count). The number of thiophene rings is 1. The topological polar surface area (TPSA) is 49.4 Å². The lowest BCUT2D eigenvalue weighted by Gasteiger charge is -2.47. The van der Waals surface area contributed by atoms with Crippen LogP contribution in [0.1, 0.15) is 32.6 Å². The van der Waals surface area contributed by atoms with E-state index in [1.807, 2.05) is 11.4 Å². The summed E-state index contributed by atoms with van der Waals surface area (Å²) >= 11 is 1.68. The van der Waals surface area contributed by atoms with Gasteiger partial charge in [-0.3, -0.25) is 9.59 Å². The maximum absolute atomic E-state index is 12.5. The van der Waals surface area contributed by atoms with Crippen molar-refractivity contribution < 1.29 is 9.59 Å². The molecule has 1 aliphatic rings. The van der Waals surface area contributed by atoms with Crippen LogP contribution in [0.25, 0.3) is 0 Å². The highest BCUT2D eigenvalue weighted by Gasteiger charge is 2.49. The molecular formula is C14H20N2O2S. The van der Waals surface area contributed by atoms with E-state index < -0.39 is 11.1 Å².